The van der Waals surface area contributed by atoms with Gasteiger partial charge in [-0.3, -0.25) is 14.9 Å². The first kappa shape index (κ1) is 37.4. The summed E-state index contributed by atoms with van der Waals surface area (Å²) in [6.07, 6.45) is -4.54. The molecule has 1 aromatic heterocycles. The fraction of sp³-hybridized carbons (Fsp3) is 0.125. The highest BCUT2D eigenvalue weighted by molar-refractivity contribution is 6.67. The molecule has 0 amide bonds. The largest absolute Gasteiger partial charge is 0.501 e. The predicted molar refractivity (Wildman–Crippen MR) is 166 cm³/mol. The Bertz CT molecular complexity index is 1920. The average Bonchev–Trinajstić information content (AvgIpc) is 3.45. The molecule has 0 saturated carbocycles. The monoisotopic (exact) mass is 674 g/mol. The summed E-state index contributed by atoms with van der Waals surface area (Å²) in [6.45, 7) is 1.96. The molecule has 0 aliphatic heterocycles. The van der Waals surface area contributed by atoms with Gasteiger partial charge in [0, 0.05) is 17.2 Å². The van der Waals surface area contributed by atoms with Gasteiger partial charge in [-0.05, 0) is 60.5 Å². The number of hydrogen-bond acceptors (Lipinski definition) is 9. The first-order valence-corrected chi connectivity index (χ1v) is 13.1. The number of ether oxygens (including phenoxy) is 1. The second kappa shape index (κ2) is 16.0. The lowest BCUT2D eigenvalue weighted by molar-refractivity contribution is -0.385. The Morgan fingerprint density at radius 1 is 0.915 bits per heavy atom. The minimum absolute atomic E-state index is 0. The van der Waals surface area contributed by atoms with Gasteiger partial charge >= 0.3 is 23.8 Å². The number of methoxy groups -OCH3 is 1. The highest BCUT2D eigenvalue weighted by Crippen LogP contribution is 2.33. The van der Waals surface area contributed by atoms with Crippen LogP contribution >= 0.6 is 11.6 Å². The number of esters is 1. The Hall–Kier alpha value is -5.76. The van der Waals surface area contributed by atoms with Gasteiger partial charge in [0.2, 0.25) is 11.6 Å². The number of para-hydroxylation sites is 2. The zero-order valence-corrected chi connectivity index (χ0v) is 24.5. The number of phenolic OH excluding ortho intramolecular Hbond substituents is 1. The molecule has 0 spiro atoms. The molecule has 5 aromatic rings. The SMILES string of the molecule is C.COC(=O)c1cccc([N+](=O)[O-])c1O.Cc1ccccc1-c1nc2cccc(C(=O)O)c2o1.O=C(Cl)c1ccccc1C(F)(F)F. The van der Waals surface area contributed by atoms with Gasteiger partial charge in [0.05, 0.1) is 17.6 Å². The summed E-state index contributed by atoms with van der Waals surface area (Å²) in [7, 11) is 1.13. The molecule has 0 radical (unpaired) electrons. The summed E-state index contributed by atoms with van der Waals surface area (Å²) < 4.78 is 46.6. The number of phenols is 1. The quantitative estimate of drug-likeness (QED) is 0.0799. The van der Waals surface area contributed by atoms with Crippen LogP contribution in [-0.2, 0) is 10.9 Å². The number of nitro groups is 1. The maximum Gasteiger partial charge on any atom is 0.417 e. The molecule has 47 heavy (non-hydrogen) atoms. The van der Waals surface area contributed by atoms with Gasteiger partial charge in [-0.15, -0.1) is 0 Å². The van der Waals surface area contributed by atoms with Gasteiger partial charge < -0.3 is 19.4 Å². The Morgan fingerprint density at radius 3 is 2.04 bits per heavy atom. The number of carbonyl (C=O) groups excluding carboxylic acids is 2. The number of benzene rings is 4. The molecule has 2 N–H and O–H groups in total. The highest BCUT2D eigenvalue weighted by Gasteiger charge is 2.34. The molecule has 0 saturated heterocycles. The Labute approximate surface area is 270 Å². The first-order valence-electron chi connectivity index (χ1n) is 12.8. The van der Waals surface area contributed by atoms with E-state index in [0.717, 1.165) is 36.4 Å². The van der Waals surface area contributed by atoms with Crippen molar-refractivity contribution in [1.29, 1.82) is 0 Å². The molecule has 0 aliphatic rings. The number of aromatic nitrogens is 1. The van der Waals surface area contributed by atoms with Crippen molar-refractivity contribution in [3.05, 3.63) is 123 Å². The standard InChI is InChI=1S/C15H11NO3.C8H4ClF3O.C8H7NO5.CH4/c1-9-5-2-3-6-10(9)14-16-12-8-4-7-11(15(17)18)13(12)19-14;9-7(13)5-3-1-2-4-6(5)8(10,11)12;1-14-8(11)5-3-2-4-6(7(5)10)9(12)13;/h2-8H,1H3,(H,17,18);1-4H;2-4,10H,1H3;1H4. The molecule has 246 valence electrons. The molecule has 0 bridgehead atoms. The molecule has 0 fully saturated rings. The number of carboxylic acid groups (broad SMARTS) is 1. The van der Waals surface area contributed by atoms with E-state index in [-0.39, 0.29) is 18.6 Å². The van der Waals surface area contributed by atoms with E-state index < -0.39 is 50.8 Å². The normalized spacial score (nSPS) is 10.3. The van der Waals surface area contributed by atoms with E-state index in [9.17, 15) is 42.8 Å². The average molecular weight is 675 g/mol. The Balaban J connectivity index is 0.000000249. The zero-order valence-electron chi connectivity index (χ0n) is 23.7. The van der Waals surface area contributed by atoms with Crippen LogP contribution in [0.1, 0.15) is 49.6 Å². The lowest BCUT2D eigenvalue weighted by Gasteiger charge is -2.08. The van der Waals surface area contributed by atoms with Crippen LogP contribution in [0.15, 0.2) is 89.3 Å². The summed E-state index contributed by atoms with van der Waals surface area (Å²) in [5.41, 5.74) is 0.637. The maximum atomic E-state index is 12.2. The van der Waals surface area contributed by atoms with Crippen LogP contribution in [0.5, 0.6) is 5.75 Å². The van der Waals surface area contributed by atoms with E-state index in [1.54, 1.807) is 12.1 Å². The van der Waals surface area contributed by atoms with Crippen LogP contribution in [0.3, 0.4) is 0 Å². The molecule has 0 unspecified atom stereocenters. The van der Waals surface area contributed by atoms with Crippen LogP contribution in [0, 0.1) is 17.0 Å². The number of nitrogens with zero attached hydrogens (tertiary/aromatic N) is 2. The van der Waals surface area contributed by atoms with Crippen molar-refractivity contribution in [2.45, 2.75) is 20.5 Å². The van der Waals surface area contributed by atoms with Crippen LogP contribution < -0.4 is 0 Å². The number of carbonyl (C=O) groups is 3. The van der Waals surface area contributed by atoms with E-state index in [4.69, 9.17) is 21.1 Å². The van der Waals surface area contributed by atoms with Crippen LogP contribution in [-0.4, -0.2) is 44.4 Å². The van der Waals surface area contributed by atoms with Gasteiger partial charge in [-0.2, -0.15) is 13.2 Å². The van der Waals surface area contributed by atoms with Crippen molar-refractivity contribution >= 4 is 45.6 Å². The number of rotatable bonds is 5. The van der Waals surface area contributed by atoms with Crippen LogP contribution in [0.4, 0.5) is 18.9 Å². The van der Waals surface area contributed by atoms with Crippen molar-refractivity contribution in [2.24, 2.45) is 0 Å². The lowest BCUT2D eigenvalue weighted by Crippen LogP contribution is -2.10. The maximum absolute atomic E-state index is 12.2. The van der Waals surface area contributed by atoms with Crippen molar-refractivity contribution < 1.29 is 51.8 Å². The van der Waals surface area contributed by atoms with E-state index >= 15 is 0 Å². The van der Waals surface area contributed by atoms with Crippen LogP contribution in [0.2, 0.25) is 0 Å². The van der Waals surface area contributed by atoms with Gasteiger partial charge in [0.25, 0.3) is 5.24 Å². The number of carboxylic acids is 1. The number of oxazole rings is 1. The number of fused-ring (bicyclic) bond motifs is 1. The highest BCUT2D eigenvalue weighted by atomic mass is 35.5. The number of alkyl halides is 3. The molecule has 11 nitrogen and oxygen atoms in total. The summed E-state index contributed by atoms with van der Waals surface area (Å²) in [5.74, 6) is -2.06. The first-order chi connectivity index (χ1) is 21.7. The van der Waals surface area contributed by atoms with Crippen LogP contribution in [0.25, 0.3) is 22.6 Å². The third-order valence-electron chi connectivity index (χ3n) is 6.08. The summed E-state index contributed by atoms with van der Waals surface area (Å²) in [6, 6.07) is 20.6. The van der Waals surface area contributed by atoms with Crippen molar-refractivity contribution in [2.75, 3.05) is 7.11 Å². The lowest BCUT2D eigenvalue weighted by atomic mass is 10.1. The Morgan fingerprint density at radius 2 is 1.49 bits per heavy atom. The topological polar surface area (TPSA) is 170 Å². The van der Waals surface area contributed by atoms with E-state index in [2.05, 4.69) is 9.72 Å². The van der Waals surface area contributed by atoms with Crippen molar-refractivity contribution in [3.63, 3.8) is 0 Å². The molecular formula is C32H26ClF3N2O9. The molecule has 1 heterocycles. The molecule has 0 atom stereocenters. The third kappa shape index (κ3) is 9.14. The molecule has 4 aromatic carbocycles. The summed E-state index contributed by atoms with van der Waals surface area (Å²) >= 11 is 4.98. The number of nitro benzene ring substituents is 1. The van der Waals surface area contributed by atoms with E-state index in [1.807, 2.05) is 31.2 Å². The minimum Gasteiger partial charge on any atom is -0.501 e. The molecule has 5 rings (SSSR count). The predicted octanol–water partition coefficient (Wildman–Crippen LogP) is 8.31. The molecule has 0 aliphatic carbocycles. The second-order valence-electron chi connectivity index (χ2n) is 9.03. The second-order valence-corrected chi connectivity index (χ2v) is 9.38. The van der Waals surface area contributed by atoms with E-state index in [1.165, 1.54) is 30.3 Å². The Kier molecular flexibility index (Phi) is 12.7. The van der Waals surface area contributed by atoms with Crippen molar-refractivity contribution in [3.8, 4) is 17.2 Å². The summed E-state index contributed by atoms with van der Waals surface area (Å²) in [4.78, 5) is 46.7. The number of aromatic hydroxyl groups is 1. The van der Waals surface area contributed by atoms with E-state index in [0.29, 0.717) is 17.0 Å². The number of hydrogen-bond donors (Lipinski definition) is 2. The zero-order chi connectivity index (χ0) is 34.2. The smallest absolute Gasteiger partial charge is 0.417 e. The van der Waals surface area contributed by atoms with Gasteiger partial charge in [0.1, 0.15) is 16.6 Å². The van der Waals surface area contributed by atoms with Gasteiger partial charge in [-0.1, -0.05) is 49.9 Å². The van der Waals surface area contributed by atoms with Gasteiger partial charge in [0.15, 0.2) is 5.58 Å². The fourth-order valence-corrected chi connectivity index (χ4v) is 4.07. The number of halogens is 4. The molecule has 15 heteroatoms. The summed E-state index contributed by atoms with van der Waals surface area (Å²) in [5, 5.41) is 27.7. The minimum atomic E-state index is -4.54. The van der Waals surface area contributed by atoms with Gasteiger partial charge in [-0.25, -0.2) is 14.6 Å². The molecular weight excluding hydrogens is 649 g/mol. The third-order valence-corrected chi connectivity index (χ3v) is 6.29. The fourth-order valence-electron chi connectivity index (χ4n) is 3.90. The van der Waals surface area contributed by atoms with Crippen molar-refractivity contribution in [1.82, 2.24) is 4.98 Å². The number of aromatic carboxylic acids is 1. The number of aryl methyl sites for hydroxylation is 1.